The minimum atomic E-state index is -0.486. The molecule has 0 bridgehead atoms. The first-order valence-electron chi connectivity index (χ1n) is 11.6. The number of amides is 1. The van der Waals surface area contributed by atoms with Gasteiger partial charge in [0.25, 0.3) is 0 Å². The maximum Gasteiger partial charge on any atom is 0.410 e. The molecule has 8 nitrogen and oxygen atoms in total. The standard InChI is InChI=1S/C23H33N5O3/c1-23(2,3)31-22(29)28-12-10-27(11-13-28)20-15-8-9-17-18(19(15)25-21(24)26-20)14-6-4-5-7-16(14)30-17/h14,16H,4-13H2,1-3H3,(H2,24,25,26). The van der Waals surface area contributed by atoms with Crippen LogP contribution in [0.3, 0.4) is 0 Å². The third-order valence-corrected chi connectivity index (χ3v) is 6.76. The van der Waals surface area contributed by atoms with E-state index in [0.29, 0.717) is 44.1 Å². The zero-order valence-electron chi connectivity index (χ0n) is 18.8. The molecule has 31 heavy (non-hydrogen) atoms. The topological polar surface area (TPSA) is 93.8 Å². The Labute approximate surface area is 183 Å². The van der Waals surface area contributed by atoms with E-state index >= 15 is 0 Å². The first-order chi connectivity index (χ1) is 14.8. The number of carbonyl (C=O) groups excluding carboxylic acids is 1. The number of hydrogen-bond acceptors (Lipinski definition) is 7. The van der Waals surface area contributed by atoms with Crippen LogP contribution in [-0.2, 0) is 15.9 Å². The Bertz CT molecular complexity index is 915. The maximum absolute atomic E-state index is 12.4. The largest absolute Gasteiger partial charge is 0.494 e. The number of nitrogens with zero attached hydrogens (tertiary/aromatic N) is 4. The normalized spacial score (nSPS) is 25.5. The summed E-state index contributed by atoms with van der Waals surface area (Å²) in [6, 6.07) is 0. The lowest BCUT2D eigenvalue weighted by Crippen LogP contribution is -2.50. The van der Waals surface area contributed by atoms with Gasteiger partial charge in [-0.15, -0.1) is 0 Å². The van der Waals surface area contributed by atoms with Crippen LogP contribution in [-0.4, -0.2) is 58.8 Å². The lowest BCUT2D eigenvalue weighted by Gasteiger charge is -2.37. The van der Waals surface area contributed by atoms with E-state index in [1.165, 1.54) is 24.0 Å². The Morgan fingerprint density at radius 1 is 1.10 bits per heavy atom. The van der Waals surface area contributed by atoms with Gasteiger partial charge in [-0.3, -0.25) is 0 Å². The summed E-state index contributed by atoms with van der Waals surface area (Å²) in [5, 5.41) is 0. The highest BCUT2D eigenvalue weighted by atomic mass is 16.6. The molecule has 2 aliphatic carbocycles. The molecule has 2 unspecified atom stereocenters. The molecule has 0 spiro atoms. The van der Waals surface area contributed by atoms with Crippen LogP contribution in [0, 0.1) is 5.92 Å². The number of allylic oxidation sites excluding steroid dienone is 1. The maximum atomic E-state index is 12.4. The minimum Gasteiger partial charge on any atom is -0.494 e. The third-order valence-electron chi connectivity index (χ3n) is 6.76. The van der Waals surface area contributed by atoms with Crippen molar-refractivity contribution in [3.8, 4) is 0 Å². The van der Waals surface area contributed by atoms with Gasteiger partial charge in [-0.25, -0.2) is 9.78 Å². The van der Waals surface area contributed by atoms with Crippen molar-refractivity contribution in [3.63, 3.8) is 0 Å². The molecule has 0 aromatic carbocycles. The second-order valence-electron chi connectivity index (χ2n) is 10.1. The number of hydrogen-bond donors (Lipinski definition) is 1. The van der Waals surface area contributed by atoms with Crippen molar-refractivity contribution < 1.29 is 14.3 Å². The number of carbonyl (C=O) groups is 1. The summed E-state index contributed by atoms with van der Waals surface area (Å²) < 4.78 is 11.9. The van der Waals surface area contributed by atoms with Crippen molar-refractivity contribution in [2.24, 2.45) is 5.92 Å². The highest BCUT2D eigenvalue weighted by molar-refractivity contribution is 5.77. The van der Waals surface area contributed by atoms with E-state index in [2.05, 4.69) is 9.88 Å². The van der Waals surface area contributed by atoms with Crippen molar-refractivity contribution in [3.05, 3.63) is 17.0 Å². The van der Waals surface area contributed by atoms with E-state index in [-0.39, 0.29) is 6.09 Å². The predicted octanol–water partition coefficient (Wildman–Crippen LogP) is 3.36. The predicted molar refractivity (Wildman–Crippen MR) is 119 cm³/mol. The summed E-state index contributed by atoms with van der Waals surface area (Å²) in [6.45, 7) is 8.30. The van der Waals surface area contributed by atoms with E-state index in [0.717, 1.165) is 43.0 Å². The van der Waals surface area contributed by atoms with Crippen molar-refractivity contribution in [2.45, 2.75) is 71.0 Å². The zero-order chi connectivity index (χ0) is 21.8. The summed E-state index contributed by atoms with van der Waals surface area (Å²) in [4.78, 5) is 25.8. The number of ether oxygens (including phenoxy) is 2. The Balaban J connectivity index is 1.37. The lowest BCUT2D eigenvalue weighted by molar-refractivity contribution is 0.0240. The molecule has 1 aromatic rings. The highest BCUT2D eigenvalue weighted by Gasteiger charge is 2.43. The Kier molecular flexibility index (Phi) is 4.98. The van der Waals surface area contributed by atoms with Crippen LogP contribution >= 0.6 is 0 Å². The molecule has 168 valence electrons. The van der Waals surface area contributed by atoms with E-state index in [4.69, 9.17) is 20.2 Å². The SMILES string of the molecule is CC(C)(C)OC(=O)N1CCN(c2nc(N)nc3c2CCC2=C3C3CCCCC3O2)CC1. The number of piperazine rings is 1. The van der Waals surface area contributed by atoms with Gasteiger partial charge in [0, 0.05) is 49.7 Å². The fourth-order valence-corrected chi connectivity index (χ4v) is 5.39. The van der Waals surface area contributed by atoms with Gasteiger partial charge in [0.05, 0.1) is 5.69 Å². The van der Waals surface area contributed by atoms with Gasteiger partial charge in [-0.05, 0) is 46.5 Å². The number of anilines is 2. The molecule has 5 rings (SSSR count). The van der Waals surface area contributed by atoms with Crippen LogP contribution < -0.4 is 10.6 Å². The fourth-order valence-electron chi connectivity index (χ4n) is 5.39. The fraction of sp³-hybridized carbons (Fsp3) is 0.696. The molecular weight excluding hydrogens is 394 g/mol. The second kappa shape index (κ2) is 7.57. The van der Waals surface area contributed by atoms with Crippen LogP contribution in [0.2, 0.25) is 0 Å². The average molecular weight is 428 g/mol. The summed E-state index contributed by atoms with van der Waals surface area (Å²) in [5.41, 5.74) is 9.18. The van der Waals surface area contributed by atoms with Crippen molar-refractivity contribution in [1.82, 2.24) is 14.9 Å². The molecular formula is C23H33N5O3. The molecule has 2 fully saturated rings. The summed E-state index contributed by atoms with van der Waals surface area (Å²) in [7, 11) is 0. The summed E-state index contributed by atoms with van der Waals surface area (Å²) in [5.74, 6) is 2.81. The van der Waals surface area contributed by atoms with Crippen LogP contribution in [0.1, 0.15) is 64.1 Å². The number of rotatable bonds is 1. The van der Waals surface area contributed by atoms with E-state index in [1.807, 2.05) is 20.8 Å². The van der Waals surface area contributed by atoms with Gasteiger partial charge in [-0.2, -0.15) is 4.98 Å². The van der Waals surface area contributed by atoms with E-state index in [9.17, 15) is 4.79 Å². The minimum absolute atomic E-state index is 0.252. The molecule has 1 amide bonds. The molecule has 4 aliphatic rings. The van der Waals surface area contributed by atoms with Crippen molar-refractivity contribution >= 4 is 23.4 Å². The molecule has 2 aliphatic heterocycles. The second-order valence-corrected chi connectivity index (χ2v) is 10.1. The highest BCUT2D eigenvalue weighted by Crippen LogP contribution is 2.50. The molecule has 0 radical (unpaired) electrons. The lowest BCUT2D eigenvalue weighted by atomic mass is 9.78. The molecule has 2 atom stereocenters. The monoisotopic (exact) mass is 427 g/mol. The van der Waals surface area contributed by atoms with Crippen LogP contribution in [0.4, 0.5) is 16.6 Å². The zero-order valence-corrected chi connectivity index (χ0v) is 18.8. The molecule has 1 saturated carbocycles. The van der Waals surface area contributed by atoms with E-state index < -0.39 is 5.60 Å². The smallest absolute Gasteiger partial charge is 0.410 e. The molecule has 1 aromatic heterocycles. The first kappa shape index (κ1) is 20.4. The molecule has 3 heterocycles. The Hall–Kier alpha value is -2.51. The number of fused-ring (bicyclic) bond motifs is 4. The summed E-state index contributed by atoms with van der Waals surface area (Å²) >= 11 is 0. The van der Waals surface area contributed by atoms with Gasteiger partial charge in [-0.1, -0.05) is 6.42 Å². The van der Waals surface area contributed by atoms with E-state index in [1.54, 1.807) is 4.90 Å². The van der Waals surface area contributed by atoms with Crippen molar-refractivity contribution in [2.75, 3.05) is 36.8 Å². The van der Waals surface area contributed by atoms with Gasteiger partial charge in [0.2, 0.25) is 5.95 Å². The summed E-state index contributed by atoms with van der Waals surface area (Å²) in [6.07, 6.45) is 6.62. The van der Waals surface area contributed by atoms with Gasteiger partial charge in [0.15, 0.2) is 0 Å². The molecule has 2 N–H and O–H groups in total. The van der Waals surface area contributed by atoms with Gasteiger partial charge >= 0.3 is 6.09 Å². The van der Waals surface area contributed by atoms with Gasteiger partial charge < -0.3 is 25.0 Å². The number of aromatic nitrogens is 2. The Morgan fingerprint density at radius 3 is 2.58 bits per heavy atom. The average Bonchev–Trinajstić information content (AvgIpc) is 3.11. The first-order valence-corrected chi connectivity index (χ1v) is 11.6. The molecule has 8 heteroatoms. The van der Waals surface area contributed by atoms with Crippen LogP contribution in [0.15, 0.2) is 5.76 Å². The molecule has 1 saturated heterocycles. The van der Waals surface area contributed by atoms with Crippen LogP contribution in [0.5, 0.6) is 0 Å². The third kappa shape index (κ3) is 3.81. The quantitative estimate of drug-likeness (QED) is 0.734. The number of nitrogen functional groups attached to an aromatic ring is 1. The Morgan fingerprint density at radius 2 is 1.84 bits per heavy atom. The van der Waals surface area contributed by atoms with Crippen molar-refractivity contribution in [1.29, 1.82) is 0 Å². The number of nitrogens with two attached hydrogens (primary N) is 1. The van der Waals surface area contributed by atoms with Crippen LogP contribution in [0.25, 0.3) is 5.57 Å². The van der Waals surface area contributed by atoms with Gasteiger partial charge in [0.1, 0.15) is 23.3 Å².